The molecule has 0 aliphatic carbocycles. The Kier molecular flexibility index (Phi) is 4.95. The van der Waals surface area contributed by atoms with Gasteiger partial charge in [-0.3, -0.25) is 4.79 Å². The fourth-order valence-corrected chi connectivity index (χ4v) is 5.02. The lowest BCUT2D eigenvalue weighted by molar-refractivity contribution is -0.116. The Morgan fingerprint density at radius 1 is 1.21 bits per heavy atom. The summed E-state index contributed by atoms with van der Waals surface area (Å²) in [6.07, 6.45) is 3.30. The van der Waals surface area contributed by atoms with Crippen LogP contribution in [0.25, 0.3) is 11.0 Å². The first kappa shape index (κ1) is 21.0. The SMILES string of the molecule is CCc1cc2[nH]c([C@@H]3Oc4ccc(Oc5ccnc6c5CCC(=O)N6)cc4C3C)nc2cc1Cl. The summed E-state index contributed by atoms with van der Waals surface area (Å²) in [5.74, 6) is 3.64. The normalized spacial score (nSPS) is 18.9. The van der Waals surface area contributed by atoms with Crippen molar-refractivity contribution in [3.05, 3.63) is 70.1 Å². The number of H-pyrrole nitrogens is 1. The number of ether oxygens (including phenoxy) is 2. The lowest BCUT2D eigenvalue weighted by Gasteiger charge is -2.19. The second kappa shape index (κ2) is 8.02. The van der Waals surface area contributed by atoms with Gasteiger partial charge in [-0.25, -0.2) is 9.97 Å². The van der Waals surface area contributed by atoms with E-state index in [-0.39, 0.29) is 17.9 Å². The number of halogens is 1. The lowest BCUT2D eigenvalue weighted by Crippen LogP contribution is -2.20. The molecule has 0 spiro atoms. The van der Waals surface area contributed by atoms with Crippen LogP contribution in [0, 0.1) is 0 Å². The Morgan fingerprint density at radius 2 is 2.09 bits per heavy atom. The molecule has 2 aromatic carbocycles. The summed E-state index contributed by atoms with van der Waals surface area (Å²) in [6.45, 7) is 4.21. The third kappa shape index (κ3) is 3.47. The van der Waals surface area contributed by atoms with E-state index in [0.717, 1.165) is 50.7 Å². The molecule has 0 saturated carbocycles. The van der Waals surface area contributed by atoms with Crippen LogP contribution in [-0.2, 0) is 17.6 Å². The number of anilines is 1. The number of pyridine rings is 1. The molecule has 0 fully saturated rings. The van der Waals surface area contributed by atoms with Crippen LogP contribution in [0.15, 0.2) is 42.6 Å². The highest BCUT2D eigenvalue weighted by Gasteiger charge is 2.35. The van der Waals surface area contributed by atoms with Crippen LogP contribution in [0.2, 0.25) is 5.02 Å². The van der Waals surface area contributed by atoms with Crippen molar-refractivity contribution in [1.29, 1.82) is 0 Å². The quantitative estimate of drug-likeness (QED) is 0.373. The number of fused-ring (bicyclic) bond motifs is 3. The number of hydrogen-bond donors (Lipinski definition) is 2. The number of rotatable bonds is 4. The second-order valence-corrected chi connectivity index (χ2v) is 9.16. The maximum absolute atomic E-state index is 11.7. The Balaban J connectivity index is 1.28. The number of carbonyl (C=O) groups excluding carboxylic acids is 1. The molecule has 0 saturated heterocycles. The van der Waals surface area contributed by atoms with Gasteiger partial charge in [-0.1, -0.05) is 25.4 Å². The van der Waals surface area contributed by atoms with Crippen molar-refractivity contribution < 1.29 is 14.3 Å². The van der Waals surface area contributed by atoms with Crippen LogP contribution >= 0.6 is 11.6 Å². The van der Waals surface area contributed by atoms with Crippen molar-refractivity contribution in [2.45, 2.75) is 45.1 Å². The van der Waals surface area contributed by atoms with Crippen molar-refractivity contribution in [3.8, 4) is 17.2 Å². The number of nitrogens with zero attached hydrogens (tertiary/aromatic N) is 2. The third-order valence-corrected chi connectivity index (χ3v) is 6.95. The molecular weight excluding hydrogens is 452 g/mol. The summed E-state index contributed by atoms with van der Waals surface area (Å²) >= 11 is 6.39. The van der Waals surface area contributed by atoms with Crippen LogP contribution < -0.4 is 14.8 Å². The highest BCUT2D eigenvalue weighted by Crippen LogP contribution is 2.47. The molecule has 2 atom stereocenters. The fraction of sp³-hybridized carbons (Fsp3) is 0.269. The molecule has 1 amide bonds. The van der Waals surface area contributed by atoms with Crippen molar-refractivity contribution in [2.75, 3.05) is 5.32 Å². The molecule has 172 valence electrons. The zero-order valence-electron chi connectivity index (χ0n) is 18.8. The van der Waals surface area contributed by atoms with Gasteiger partial charge in [0, 0.05) is 34.7 Å². The third-order valence-electron chi connectivity index (χ3n) is 6.60. The Hall–Kier alpha value is -3.58. The van der Waals surface area contributed by atoms with Crippen molar-refractivity contribution in [3.63, 3.8) is 0 Å². The number of benzene rings is 2. The maximum atomic E-state index is 11.7. The van der Waals surface area contributed by atoms with Crippen LogP contribution in [-0.4, -0.2) is 20.9 Å². The number of imidazole rings is 1. The van der Waals surface area contributed by atoms with Crippen molar-refractivity contribution in [2.24, 2.45) is 0 Å². The molecule has 6 rings (SSSR count). The van der Waals surface area contributed by atoms with Gasteiger partial charge in [0.05, 0.1) is 11.0 Å². The number of carbonyl (C=O) groups is 1. The lowest BCUT2D eigenvalue weighted by atomic mass is 9.97. The number of amides is 1. The van der Waals surface area contributed by atoms with E-state index in [1.165, 1.54) is 0 Å². The topological polar surface area (TPSA) is 89.1 Å². The summed E-state index contributed by atoms with van der Waals surface area (Å²) in [5, 5.41) is 3.54. The molecule has 7 nitrogen and oxygen atoms in total. The first-order valence-electron chi connectivity index (χ1n) is 11.4. The van der Waals surface area contributed by atoms with E-state index in [1.54, 1.807) is 6.20 Å². The summed E-state index contributed by atoms with van der Waals surface area (Å²) in [4.78, 5) is 24.2. The van der Waals surface area contributed by atoms with Gasteiger partial charge in [0.2, 0.25) is 5.91 Å². The van der Waals surface area contributed by atoms with Crippen LogP contribution in [0.3, 0.4) is 0 Å². The maximum Gasteiger partial charge on any atom is 0.225 e. The minimum absolute atomic E-state index is 0.0227. The van der Waals surface area contributed by atoms with Gasteiger partial charge in [0.25, 0.3) is 0 Å². The van der Waals surface area contributed by atoms with E-state index in [9.17, 15) is 4.79 Å². The number of hydrogen-bond acceptors (Lipinski definition) is 5. The first-order chi connectivity index (χ1) is 16.5. The molecule has 4 aromatic rings. The van der Waals surface area contributed by atoms with Gasteiger partial charge < -0.3 is 19.8 Å². The number of nitrogens with one attached hydrogen (secondary N) is 2. The number of aromatic nitrogens is 3. The minimum atomic E-state index is -0.231. The standard InChI is InChI=1S/C26H23ClN4O3/c1-3-14-10-19-20(12-18(14)27)30-26(29-19)24-13(2)17-11-15(4-6-21(17)34-24)33-22-8-9-28-25-16(22)5-7-23(32)31-25/h4,6,8-13,24H,3,5,7H2,1-2H3,(H,29,30)(H,28,31,32)/t13?,24-/m1/s1. The molecule has 2 aromatic heterocycles. The average Bonchev–Trinajstić information content (AvgIpc) is 3.38. The molecular formula is C26H23ClN4O3. The minimum Gasteiger partial charge on any atom is -0.482 e. The second-order valence-electron chi connectivity index (χ2n) is 8.75. The van der Waals surface area contributed by atoms with E-state index < -0.39 is 0 Å². The molecule has 2 aliphatic heterocycles. The van der Waals surface area contributed by atoms with Gasteiger partial charge in [-0.15, -0.1) is 0 Å². The summed E-state index contributed by atoms with van der Waals surface area (Å²) < 4.78 is 12.5. The van der Waals surface area contributed by atoms with Crippen molar-refractivity contribution in [1.82, 2.24) is 15.0 Å². The molecule has 0 radical (unpaired) electrons. The van der Waals surface area contributed by atoms with Gasteiger partial charge in [-0.05, 0) is 54.8 Å². The number of aromatic amines is 1. The van der Waals surface area contributed by atoms with Crippen molar-refractivity contribution >= 4 is 34.4 Å². The van der Waals surface area contributed by atoms with Gasteiger partial charge in [-0.2, -0.15) is 0 Å². The first-order valence-corrected chi connectivity index (χ1v) is 11.8. The van der Waals surface area contributed by atoms with E-state index in [4.69, 9.17) is 26.1 Å². The molecule has 2 aliphatic rings. The highest BCUT2D eigenvalue weighted by molar-refractivity contribution is 6.32. The molecule has 34 heavy (non-hydrogen) atoms. The Bertz CT molecular complexity index is 1450. The predicted octanol–water partition coefficient (Wildman–Crippen LogP) is 6.09. The smallest absolute Gasteiger partial charge is 0.225 e. The van der Waals surface area contributed by atoms with E-state index in [1.807, 2.05) is 30.3 Å². The molecule has 4 heterocycles. The molecule has 2 N–H and O–H groups in total. The zero-order valence-corrected chi connectivity index (χ0v) is 19.6. The Morgan fingerprint density at radius 3 is 2.94 bits per heavy atom. The Labute approximate surface area is 201 Å². The van der Waals surface area contributed by atoms with E-state index in [0.29, 0.717) is 30.2 Å². The monoisotopic (exact) mass is 474 g/mol. The van der Waals surface area contributed by atoms with Crippen LogP contribution in [0.4, 0.5) is 5.82 Å². The largest absolute Gasteiger partial charge is 0.482 e. The number of aryl methyl sites for hydroxylation is 1. The van der Waals surface area contributed by atoms with Gasteiger partial charge >= 0.3 is 0 Å². The average molecular weight is 475 g/mol. The van der Waals surface area contributed by atoms with E-state index in [2.05, 4.69) is 35.2 Å². The van der Waals surface area contributed by atoms with Gasteiger partial charge in [0.1, 0.15) is 28.9 Å². The highest BCUT2D eigenvalue weighted by atomic mass is 35.5. The summed E-state index contributed by atoms with van der Waals surface area (Å²) in [5.41, 5.74) is 4.86. The molecule has 0 bridgehead atoms. The van der Waals surface area contributed by atoms with Gasteiger partial charge in [0.15, 0.2) is 6.10 Å². The zero-order chi connectivity index (χ0) is 23.4. The van der Waals surface area contributed by atoms with Crippen LogP contribution in [0.1, 0.15) is 54.8 Å². The van der Waals surface area contributed by atoms with E-state index >= 15 is 0 Å². The molecule has 8 heteroatoms. The fourth-order valence-electron chi connectivity index (χ4n) is 4.73. The predicted molar refractivity (Wildman–Crippen MR) is 130 cm³/mol. The summed E-state index contributed by atoms with van der Waals surface area (Å²) in [6, 6.07) is 11.6. The molecule has 1 unspecified atom stereocenters. The van der Waals surface area contributed by atoms with Crippen LogP contribution in [0.5, 0.6) is 17.2 Å². The summed E-state index contributed by atoms with van der Waals surface area (Å²) in [7, 11) is 0.